The molecule has 0 fully saturated rings. The quantitative estimate of drug-likeness (QED) is 0.713. The number of hydrogen-bond donors (Lipinski definition) is 1. The zero-order chi connectivity index (χ0) is 15.9. The molecule has 1 N–H and O–H groups in total. The Hall–Kier alpha value is -0.870. The van der Waals surface area contributed by atoms with Gasteiger partial charge in [-0.3, -0.25) is 4.79 Å². The van der Waals surface area contributed by atoms with Crippen LogP contribution in [0.4, 0.5) is 0 Å². The van der Waals surface area contributed by atoms with Crippen molar-refractivity contribution in [2.75, 3.05) is 12.3 Å². The predicted octanol–water partition coefficient (Wildman–Crippen LogP) is 5.10. The van der Waals surface area contributed by atoms with Crippen molar-refractivity contribution in [2.45, 2.75) is 11.3 Å². The third-order valence-corrected chi connectivity index (χ3v) is 4.89. The molecule has 0 aliphatic carbocycles. The van der Waals surface area contributed by atoms with Gasteiger partial charge in [-0.05, 0) is 42.3 Å². The van der Waals surface area contributed by atoms with Crippen LogP contribution in [0.3, 0.4) is 0 Å². The van der Waals surface area contributed by atoms with Gasteiger partial charge in [-0.15, -0.1) is 11.8 Å². The van der Waals surface area contributed by atoms with Crippen molar-refractivity contribution >= 4 is 52.5 Å². The van der Waals surface area contributed by atoms with Gasteiger partial charge in [-0.2, -0.15) is 0 Å². The lowest BCUT2D eigenvalue weighted by atomic mass is 10.1. The lowest BCUT2D eigenvalue weighted by Crippen LogP contribution is -2.27. The van der Waals surface area contributed by atoms with Gasteiger partial charge < -0.3 is 5.32 Å². The number of hydrogen-bond acceptors (Lipinski definition) is 2. The third-order valence-electron chi connectivity index (χ3n) is 2.90. The van der Waals surface area contributed by atoms with Gasteiger partial charge in [0.25, 0.3) is 0 Å². The normalized spacial score (nSPS) is 10.5. The van der Waals surface area contributed by atoms with Crippen LogP contribution in [-0.2, 0) is 11.2 Å². The van der Waals surface area contributed by atoms with Gasteiger partial charge in [-0.25, -0.2) is 0 Å². The first-order valence-electron chi connectivity index (χ1n) is 6.63. The summed E-state index contributed by atoms with van der Waals surface area (Å²) in [6.45, 7) is 0.588. The van der Waals surface area contributed by atoms with E-state index in [9.17, 15) is 4.79 Å². The van der Waals surface area contributed by atoms with Crippen molar-refractivity contribution in [1.82, 2.24) is 5.32 Å². The van der Waals surface area contributed by atoms with Gasteiger partial charge in [0, 0.05) is 21.5 Å². The molecule has 22 heavy (non-hydrogen) atoms. The second kappa shape index (κ2) is 8.68. The first kappa shape index (κ1) is 17.5. The summed E-state index contributed by atoms with van der Waals surface area (Å²) in [6.07, 6.45) is 0.769. The standard InChI is InChI=1S/C16H14Cl3NOS/c17-12-3-1-11(2-4-12)7-8-20-16(21)10-22-15-9-13(18)5-6-14(15)19/h1-6,9H,7-8,10H2,(H,20,21). The Kier molecular flexibility index (Phi) is 6.90. The van der Waals surface area contributed by atoms with Crippen LogP contribution in [0.5, 0.6) is 0 Å². The maximum absolute atomic E-state index is 11.8. The number of thioether (sulfide) groups is 1. The van der Waals surface area contributed by atoms with Crippen LogP contribution in [0.25, 0.3) is 0 Å². The van der Waals surface area contributed by atoms with Crippen LogP contribution in [0.1, 0.15) is 5.56 Å². The summed E-state index contributed by atoms with van der Waals surface area (Å²) in [5, 5.41) is 4.80. The molecule has 0 aromatic heterocycles. The van der Waals surface area contributed by atoms with Gasteiger partial charge in [0.15, 0.2) is 0 Å². The van der Waals surface area contributed by atoms with Crippen molar-refractivity contribution < 1.29 is 4.79 Å². The average molecular weight is 375 g/mol. The van der Waals surface area contributed by atoms with E-state index in [1.54, 1.807) is 18.2 Å². The fraction of sp³-hybridized carbons (Fsp3) is 0.188. The van der Waals surface area contributed by atoms with E-state index in [4.69, 9.17) is 34.8 Å². The molecule has 116 valence electrons. The van der Waals surface area contributed by atoms with E-state index in [0.29, 0.717) is 27.4 Å². The first-order valence-corrected chi connectivity index (χ1v) is 8.75. The molecule has 0 aliphatic rings. The van der Waals surface area contributed by atoms with Gasteiger partial charge in [0.1, 0.15) is 0 Å². The molecule has 2 aromatic rings. The van der Waals surface area contributed by atoms with Gasteiger partial charge in [0.2, 0.25) is 5.91 Å². The van der Waals surface area contributed by atoms with E-state index in [2.05, 4.69) is 5.32 Å². The second-order valence-electron chi connectivity index (χ2n) is 4.59. The lowest BCUT2D eigenvalue weighted by molar-refractivity contribution is -0.118. The lowest BCUT2D eigenvalue weighted by Gasteiger charge is -2.07. The number of rotatable bonds is 6. The minimum absolute atomic E-state index is 0.0324. The molecule has 0 unspecified atom stereocenters. The van der Waals surface area contributed by atoms with E-state index in [-0.39, 0.29) is 5.91 Å². The topological polar surface area (TPSA) is 29.1 Å². The molecule has 2 rings (SSSR count). The molecule has 0 heterocycles. The Morgan fingerprint density at radius 2 is 1.68 bits per heavy atom. The van der Waals surface area contributed by atoms with Crippen molar-refractivity contribution in [3.8, 4) is 0 Å². The third kappa shape index (κ3) is 5.73. The van der Waals surface area contributed by atoms with E-state index < -0.39 is 0 Å². The molecular weight excluding hydrogens is 361 g/mol. The van der Waals surface area contributed by atoms with Crippen LogP contribution in [-0.4, -0.2) is 18.2 Å². The highest BCUT2D eigenvalue weighted by Crippen LogP contribution is 2.29. The summed E-state index contributed by atoms with van der Waals surface area (Å²) in [7, 11) is 0. The van der Waals surface area contributed by atoms with Crippen molar-refractivity contribution in [2.24, 2.45) is 0 Å². The molecule has 0 saturated carbocycles. The summed E-state index contributed by atoms with van der Waals surface area (Å²) in [4.78, 5) is 12.6. The minimum Gasteiger partial charge on any atom is -0.355 e. The highest BCUT2D eigenvalue weighted by molar-refractivity contribution is 8.00. The molecule has 0 radical (unpaired) electrons. The van der Waals surface area contributed by atoms with E-state index in [1.807, 2.05) is 24.3 Å². The number of carbonyl (C=O) groups is 1. The minimum atomic E-state index is -0.0324. The molecule has 0 aliphatic heterocycles. The van der Waals surface area contributed by atoms with Crippen LogP contribution >= 0.6 is 46.6 Å². The van der Waals surface area contributed by atoms with Crippen molar-refractivity contribution in [1.29, 1.82) is 0 Å². The molecule has 6 heteroatoms. The highest BCUT2D eigenvalue weighted by Gasteiger charge is 2.06. The fourth-order valence-corrected chi connectivity index (χ4v) is 3.23. The van der Waals surface area contributed by atoms with Crippen LogP contribution in [0, 0.1) is 0 Å². The average Bonchev–Trinajstić information content (AvgIpc) is 2.50. The fourth-order valence-electron chi connectivity index (χ4n) is 1.78. The Morgan fingerprint density at radius 1 is 1.00 bits per heavy atom. The Labute approximate surface area is 149 Å². The molecule has 2 aromatic carbocycles. The highest BCUT2D eigenvalue weighted by atomic mass is 35.5. The summed E-state index contributed by atoms with van der Waals surface area (Å²) in [5.74, 6) is 0.274. The zero-order valence-electron chi connectivity index (χ0n) is 11.6. The van der Waals surface area contributed by atoms with Crippen molar-refractivity contribution in [3.05, 3.63) is 63.1 Å². The maximum atomic E-state index is 11.8. The number of amides is 1. The predicted molar refractivity (Wildman–Crippen MR) is 95.4 cm³/mol. The molecule has 1 amide bonds. The Balaban J connectivity index is 1.74. The number of nitrogens with one attached hydrogen (secondary N) is 1. The SMILES string of the molecule is O=C(CSc1cc(Cl)ccc1Cl)NCCc1ccc(Cl)cc1. The summed E-state index contributed by atoms with van der Waals surface area (Å²) >= 11 is 19.2. The van der Waals surface area contributed by atoms with Gasteiger partial charge in [-0.1, -0.05) is 46.9 Å². The second-order valence-corrected chi connectivity index (χ2v) is 6.89. The molecule has 0 spiro atoms. The largest absolute Gasteiger partial charge is 0.355 e. The molecule has 0 atom stereocenters. The van der Waals surface area contributed by atoms with Crippen molar-refractivity contribution in [3.63, 3.8) is 0 Å². The van der Waals surface area contributed by atoms with E-state index in [0.717, 1.165) is 16.9 Å². The van der Waals surface area contributed by atoms with E-state index in [1.165, 1.54) is 11.8 Å². The smallest absolute Gasteiger partial charge is 0.230 e. The number of carbonyl (C=O) groups excluding carboxylic acids is 1. The van der Waals surface area contributed by atoms with Gasteiger partial charge in [0.05, 0.1) is 10.8 Å². The first-order chi connectivity index (χ1) is 10.5. The molecular formula is C16H14Cl3NOS. The number of benzene rings is 2. The van der Waals surface area contributed by atoms with Crippen LogP contribution < -0.4 is 5.32 Å². The van der Waals surface area contributed by atoms with E-state index >= 15 is 0 Å². The Bertz CT molecular complexity index is 646. The molecule has 0 bridgehead atoms. The summed E-state index contributed by atoms with van der Waals surface area (Å²) in [6, 6.07) is 12.8. The molecule has 0 saturated heterocycles. The van der Waals surface area contributed by atoms with Crippen LogP contribution in [0.15, 0.2) is 47.4 Å². The summed E-state index contributed by atoms with van der Waals surface area (Å²) in [5.41, 5.74) is 1.13. The summed E-state index contributed by atoms with van der Waals surface area (Å²) < 4.78 is 0. The Morgan fingerprint density at radius 3 is 2.41 bits per heavy atom. The van der Waals surface area contributed by atoms with Gasteiger partial charge >= 0.3 is 0 Å². The zero-order valence-corrected chi connectivity index (χ0v) is 14.7. The maximum Gasteiger partial charge on any atom is 0.230 e. The number of halogens is 3. The monoisotopic (exact) mass is 373 g/mol. The molecule has 2 nitrogen and oxygen atoms in total. The van der Waals surface area contributed by atoms with Crippen LogP contribution in [0.2, 0.25) is 15.1 Å².